The Bertz CT molecular complexity index is 566. The topological polar surface area (TPSA) is 92.7 Å². The first-order valence-corrected chi connectivity index (χ1v) is 7.29. The first kappa shape index (κ1) is 16.0. The van der Waals surface area contributed by atoms with E-state index in [0.717, 1.165) is 5.56 Å². The van der Waals surface area contributed by atoms with Gasteiger partial charge in [-0.3, -0.25) is 9.59 Å². The number of aryl methyl sites for hydroxylation is 1. The Balaban J connectivity index is 1.96. The van der Waals surface area contributed by atoms with Crippen LogP contribution in [0.2, 0.25) is 0 Å². The largest absolute Gasteiger partial charge is 0.478 e. The molecule has 6 heteroatoms. The van der Waals surface area contributed by atoms with Gasteiger partial charge in [-0.15, -0.1) is 0 Å². The molecule has 0 radical (unpaired) electrons. The average molecular weight is 305 g/mol. The van der Waals surface area contributed by atoms with Crippen LogP contribution in [0.1, 0.15) is 29.3 Å². The predicted octanol–water partition coefficient (Wildman–Crippen LogP) is 1.24. The predicted molar refractivity (Wildman–Crippen MR) is 78.3 cm³/mol. The molecule has 1 aliphatic heterocycles. The van der Waals surface area contributed by atoms with Gasteiger partial charge in [-0.2, -0.15) is 0 Å². The number of nitrogens with one attached hydrogen (secondary N) is 1. The van der Waals surface area contributed by atoms with E-state index in [-0.39, 0.29) is 24.0 Å². The second-order valence-corrected chi connectivity index (χ2v) is 5.28. The van der Waals surface area contributed by atoms with Crippen molar-refractivity contribution < 1.29 is 24.2 Å². The Morgan fingerprint density at radius 1 is 1.32 bits per heavy atom. The summed E-state index contributed by atoms with van der Waals surface area (Å²) in [6.07, 6.45) is 1.34. The number of carboxylic acid groups (broad SMARTS) is 1. The molecule has 6 nitrogen and oxygen atoms in total. The van der Waals surface area contributed by atoms with Crippen LogP contribution in [-0.4, -0.2) is 36.1 Å². The molecule has 1 aliphatic rings. The van der Waals surface area contributed by atoms with Gasteiger partial charge in [0.1, 0.15) is 5.92 Å². The van der Waals surface area contributed by atoms with Crippen molar-refractivity contribution in [3.05, 3.63) is 35.4 Å². The summed E-state index contributed by atoms with van der Waals surface area (Å²) in [5.41, 5.74) is 1.22. The van der Waals surface area contributed by atoms with Crippen LogP contribution in [0.25, 0.3) is 0 Å². The zero-order valence-corrected chi connectivity index (χ0v) is 12.4. The van der Waals surface area contributed by atoms with Gasteiger partial charge in [-0.05, 0) is 43.4 Å². The minimum absolute atomic E-state index is 0.0919. The SMILES string of the molecule is CCOC(=O)C1C(=O)NCC1CCc1ccc(C(=O)O)cc1. The highest BCUT2D eigenvalue weighted by Crippen LogP contribution is 2.24. The van der Waals surface area contributed by atoms with E-state index in [0.29, 0.717) is 19.4 Å². The molecule has 1 amide bonds. The summed E-state index contributed by atoms with van der Waals surface area (Å²) in [6, 6.07) is 6.62. The lowest BCUT2D eigenvalue weighted by Gasteiger charge is -2.15. The number of carboxylic acids is 1. The number of hydrogen-bond donors (Lipinski definition) is 2. The number of carbonyl (C=O) groups is 3. The van der Waals surface area contributed by atoms with E-state index in [1.807, 2.05) is 0 Å². The van der Waals surface area contributed by atoms with Gasteiger partial charge in [0.15, 0.2) is 0 Å². The van der Waals surface area contributed by atoms with Gasteiger partial charge in [0.25, 0.3) is 0 Å². The third-order valence-corrected chi connectivity index (χ3v) is 3.84. The Kier molecular flexibility index (Phi) is 5.14. The molecule has 22 heavy (non-hydrogen) atoms. The minimum Gasteiger partial charge on any atom is -0.478 e. The number of benzene rings is 1. The first-order valence-electron chi connectivity index (χ1n) is 7.29. The number of rotatable bonds is 6. The summed E-state index contributed by atoms with van der Waals surface area (Å²) >= 11 is 0. The minimum atomic E-state index is -0.959. The molecule has 118 valence electrons. The summed E-state index contributed by atoms with van der Waals surface area (Å²) in [7, 11) is 0. The fraction of sp³-hybridized carbons (Fsp3) is 0.438. The Labute approximate surface area is 128 Å². The third kappa shape index (κ3) is 3.63. The summed E-state index contributed by atoms with van der Waals surface area (Å²) in [4.78, 5) is 34.4. The van der Waals surface area contributed by atoms with Crippen LogP contribution in [-0.2, 0) is 20.7 Å². The van der Waals surface area contributed by atoms with E-state index < -0.39 is 17.9 Å². The van der Waals surface area contributed by atoms with Crippen molar-refractivity contribution >= 4 is 17.8 Å². The maximum absolute atomic E-state index is 11.8. The molecule has 1 heterocycles. The molecule has 0 aliphatic carbocycles. The van der Waals surface area contributed by atoms with Crippen LogP contribution in [0.3, 0.4) is 0 Å². The number of esters is 1. The molecule has 2 atom stereocenters. The van der Waals surface area contributed by atoms with E-state index >= 15 is 0 Å². The van der Waals surface area contributed by atoms with E-state index in [4.69, 9.17) is 9.84 Å². The average Bonchev–Trinajstić information content (AvgIpc) is 2.86. The summed E-state index contributed by atoms with van der Waals surface area (Å²) in [5, 5.41) is 11.6. The van der Waals surface area contributed by atoms with E-state index in [2.05, 4.69) is 5.32 Å². The van der Waals surface area contributed by atoms with Gasteiger partial charge in [0.05, 0.1) is 12.2 Å². The van der Waals surface area contributed by atoms with Crippen LogP contribution in [0, 0.1) is 11.8 Å². The molecule has 1 fully saturated rings. The van der Waals surface area contributed by atoms with E-state index in [9.17, 15) is 14.4 Å². The zero-order valence-electron chi connectivity index (χ0n) is 12.4. The summed E-state index contributed by atoms with van der Waals surface area (Å²) in [5.74, 6) is -2.53. The van der Waals surface area contributed by atoms with Crippen molar-refractivity contribution in [2.45, 2.75) is 19.8 Å². The standard InChI is InChI=1S/C16H19NO5/c1-2-22-16(21)13-12(9-17-14(13)18)8-5-10-3-6-11(7-4-10)15(19)20/h3-4,6-7,12-13H,2,5,8-9H2,1H3,(H,17,18)(H,19,20). The maximum atomic E-state index is 11.8. The van der Waals surface area contributed by atoms with Crippen LogP contribution in [0.5, 0.6) is 0 Å². The van der Waals surface area contributed by atoms with Crippen molar-refractivity contribution in [3.63, 3.8) is 0 Å². The molecular formula is C16H19NO5. The monoisotopic (exact) mass is 305 g/mol. The van der Waals surface area contributed by atoms with Crippen molar-refractivity contribution in [2.24, 2.45) is 11.8 Å². The molecule has 0 spiro atoms. The molecule has 0 saturated carbocycles. The molecule has 1 saturated heterocycles. The lowest BCUT2D eigenvalue weighted by Crippen LogP contribution is -2.29. The highest BCUT2D eigenvalue weighted by Gasteiger charge is 2.40. The number of hydrogen-bond acceptors (Lipinski definition) is 4. The fourth-order valence-electron chi connectivity index (χ4n) is 2.64. The van der Waals surface area contributed by atoms with Crippen molar-refractivity contribution in [1.29, 1.82) is 0 Å². The second kappa shape index (κ2) is 7.06. The van der Waals surface area contributed by atoms with Crippen LogP contribution in [0.15, 0.2) is 24.3 Å². The number of aromatic carboxylic acids is 1. The first-order chi connectivity index (χ1) is 10.5. The fourth-order valence-corrected chi connectivity index (χ4v) is 2.64. The normalized spacial score (nSPS) is 20.5. The molecule has 2 rings (SSSR count). The Morgan fingerprint density at radius 2 is 2.00 bits per heavy atom. The molecular weight excluding hydrogens is 286 g/mol. The van der Waals surface area contributed by atoms with Crippen molar-refractivity contribution in [3.8, 4) is 0 Å². The summed E-state index contributed by atoms with van der Waals surface area (Å²) < 4.78 is 4.96. The van der Waals surface area contributed by atoms with Crippen molar-refractivity contribution in [2.75, 3.05) is 13.2 Å². The molecule has 1 aromatic carbocycles. The highest BCUT2D eigenvalue weighted by molar-refractivity contribution is 5.99. The van der Waals surface area contributed by atoms with Gasteiger partial charge in [-0.1, -0.05) is 12.1 Å². The summed E-state index contributed by atoms with van der Waals surface area (Å²) in [6.45, 7) is 2.44. The quantitative estimate of drug-likeness (QED) is 0.609. The molecule has 2 unspecified atom stereocenters. The lowest BCUT2D eigenvalue weighted by atomic mass is 9.89. The van der Waals surface area contributed by atoms with E-state index in [1.54, 1.807) is 31.2 Å². The molecule has 1 aromatic rings. The number of amides is 1. The third-order valence-electron chi connectivity index (χ3n) is 3.84. The number of ether oxygens (including phenoxy) is 1. The number of carbonyl (C=O) groups excluding carboxylic acids is 2. The van der Waals surface area contributed by atoms with Gasteiger partial charge >= 0.3 is 11.9 Å². The van der Waals surface area contributed by atoms with Gasteiger partial charge in [0.2, 0.25) is 5.91 Å². The second-order valence-electron chi connectivity index (χ2n) is 5.28. The zero-order chi connectivity index (χ0) is 16.1. The Morgan fingerprint density at radius 3 is 2.59 bits per heavy atom. The van der Waals surface area contributed by atoms with Gasteiger partial charge < -0.3 is 15.2 Å². The highest BCUT2D eigenvalue weighted by atomic mass is 16.5. The smallest absolute Gasteiger partial charge is 0.335 e. The Hall–Kier alpha value is -2.37. The van der Waals surface area contributed by atoms with Crippen molar-refractivity contribution in [1.82, 2.24) is 5.32 Å². The molecule has 0 bridgehead atoms. The van der Waals surface area contributed by atoms with Crippen LogP contribution < -0.4 is 5.32 Å². The molecule has 0 aromatic heterocycles. The lowest BCUT2D eigenvalue weighted by molar-refractivity contribution is -0.152. The van der Waals surface area contributed by atoms with Crippen LogP contribution in [0.4, 0.5) is 0 Å². The van der Waals surface area contributed by atoms with Gasteiger partial charge in [-0.25, -0.2) is 4.79 Å². The van der Waals surface area contributed by atoms with Gasteiger partial charge in [0, 0.05) is 6.54 Å². The van der Waals surface area contributed by atoms with Crippen LogP contribution >= 0.6 is 0 Å². The maximum Gasteiger partial charge on any atom is 0.335 e. The molecule has 2 N–H and O–H groups in total. The van der Waals surface area contributed by atoms with E-state index in [1.165, 1.54) is 0 Å².